The van der Waals surface area contributed by atoms with Gasteiger partial charge in [0.05, 0.1) is 9.21 Å². The molecule has 0 aliphatic heterocycles. The molecule has 0 atom stereocenters. The number of rotatable bonds is 6. The van der Waals surface area contributed by atoms with Crippen molar-refractivity contribution in [3.05, 3.63) is 46.6 Å². The van der Waals surface area contributed by atoms with Crippen molar-refractivity contribution in [3.63, 3.8) is 0 Å². The van der Waals surface area contributed by atoms with Gasteiger partial charge in [-0.3, -0.25) is 4.18 Å². The molecule has 0 saturated carbocycles. The molecule has 19 heavy (non-hydrogen) atoms. The van der Waals surface area contributed by atoms with Gasteiger partial charge in [-0.2, -0.15) is 0 Å². The standard InChI is InChI=1S/C12H15BrINOS.CH3N/c1-9(12(2,3)16-17-14)15-8-10-5-4-6-11(13)7-10;1-2/h4-7,15H,1,8H2,2-3H3;2H,1H2. The van der Waals surface area contributed by atoms with Crippen LogP contribution in [-0.2, 0) is 10.7 Å². The topological polar surface area (TPSA) is 45.1 Å². The molecule has 0 spiro atoms. The molecule has 1 aromatic rings. The number of nitrogens with one attached hydrogen (secondary N) is 2. The summed E-state index contributed by atoms with van der Waals surface area (Å²) < 4.78 is 6.62. The molecule has 1 aromatic carbocycles. The molecule has 1 rings (SSSR count). The number of halogens is 2. The van der Waals surface area contributed by atoms with Crippen molar-refractivity contribution in [3.8, 4) is 0 Å². The van der Waals surface area contributed by atoms with Crippen molar-refractivity contribution in [2.24, 2.45) is 0 Å². The van der Waals surface area contributed by atoms with Crippen LogP contribution in [0.5, 0.6) is 0 Å². The maximum Gasteiger partial charge on any atom is 0.117 e. The first kappa shape index (κ1) is 18.9. The van der Waals surface area contributed by atoms with Gasteiger partial charge in [0.2, 0.25) is 0 Å². The summed E-state index contributed by atoms with van der Waals surface area (Å²) in [5.41, 5.74) is 1.71. The molecule has 0 aromatic heterocycles. The summed E-state index contributed by atoms with van der Waals surface area (Å²) in [6.07, 6.45) is 0. The van der Waals surface area contributed by atoms with Gasteiger partial charge < -0.3 is 10.7 Å². The SMILES string of the molecule is C=C(NCc1cccc(Br)c1)C(C)(C)OSI.C=N. The van der Waals surface area contributed by atoms with E-state index in [0.717, 1.165) is 16.7 Å². The van der Waals surface area contributed by atoms with E-state index in [9.17, 15) is 0 Å². The van der Waals surface area contributed by atoms with Crippen LogP contribution >= 0.6 is 46.3 Å². The highest BCUT2D eigenvalue weighted by molar-refractivity contribution is 14.2. The molecule has 0 heterocycles. The lowest BCUT2D eigenvalue weighted by molar-refractivity contribution is 0.178. The molecule has 0 aliphatic carbocycles. The van der Waals surface area contributed by atoms with Gasteiger partial charge in [0, 0.05) is 37.9 Å². The van der Waals surface area contributed by atoms with Crippen LogP contribution in [0.25, 0.3) is 0 Å². The Labute approximate surface area is 140 Å². The molecule has 6 heteroatoms. The lowest BCUT2D eigenvalue weighted by Gasteiger charge is -2.26. The van der Waals surface area contributed by atoms with Crippen LogP contribution in [0.15, 0.2) is 41.0 Å². The zero-order chi connectivity index (χ0) is 14.9. The maximum absolute atomic E-state index is 5.54. The molecular weight excluding hydrogens is 439 g/mol. The van der Waals surface area contributed by atoms with Crippen LogP contribution in [0.1, 0.15) is 19.4 Å². The van der Waals surface area contributed by atoms with Gasteiger partial charge >= 0.3 is 0 Å². The highest BCUT2D eigenvalue weighted by atomic mass is 127. The van der Waals surface area contributed by atoms with Crippen LogP contribution in [0.3, 0.4) is 0 Å². The van der Waals surface area contributed by atoms with Crippen LogP contribution in [0, 0.1) is 5.41 Å². The Balaban J connectivity index is 0.00000154. The minimum absolute atomic E-state index is 0.377. The molecule has 0 radical (unpaired) electrons. The average Bonchev–Trinajstić information content (AvgIpc) is 2.38. The van der Waals surface area contributed by atoms with Crippen molar-refractivity contribution in [1.29, 1.82) is 5.41 Å². The summed E-state index contributed by atoms with van der Waals surface area (Å²) in [6, 6.07) is 8.19. The van der Waals surface area contributed by atoms with E-state index in [-0.39, 0.29) is 5.60 Å². The Morgan fingerprint density at radius 2 is 2.16 bits per heavy atom. The van der Waals surface area contributed by atoms with Gasteiger partial charge in [0.1, 0.15) is 5.60 Å². The first-order valence-electron chi connectivity index (χ1n) is 5.45. The van der Waals surface area contributed by atoms with Crippen LogP contribution in [0.4, 0.5) is 0 Å². The second-order valence-corrected chi connectivity index (χ2v) is 6.41. The van der Waals surface area contributed by atoms with E-state index in [1.54, 1.807) is 0 Å². The highest BCUT2D eigenvalue weighted by Crippen LogP contribution is 2.27. The number of benzene rings is 1. The summed E-state index contributed by atoms with van der Waals surface area (Å²) in [7, 11) is 1.32. The molecule has 0 bridgehead atoms. The smallest absolute Gasteiger partial charge is 0.117 e. The predicted molar refractivity (Wildman–Crippen MR) is 96.7 cm³/mol. The van der Waals surface area contributed by atoms with Crippen molar-refractivity contribution < 1.29 is 4.18 Å². The Morgan fingerprint density at radius 3 is 2.68 bits per heavy atom. The van der Waals surface area contributed by atoms with Gasteiger partial charge in [-0.25, -0.2) is 0 Å². The van der Waals surface area contributed by atoms with Crippen LogP contribution < -0.4 is 5.32 Å². The molecule has 3 nitrogen and oxygen atoms in total. The summed E-state index contributed by atoms with van der Waals surface area (Å²) in [5, 5.41) is 8.79. The Bertz CT molecular complexity index is 415. The lowest BCUT2D eigenvalue weighted by atomic mass is 10.1. The molecular formula is C13H18BrIN2OS. The van der Waals surface area contributed by atoms with Crippen LogP contribution in [0.2, 0.25) is 0 Å². The maximum atomic E-state index is 5.54. The van der Waals surface area contributed by atoms with E-state index in [2.05, 4.69) is 67.9 Å². The van der Waals surface area contributed by atoms with Crippen molar-refractivity contribution in [2.45, 2.75) is 26.0 Å². The lowest BCUT2D eigenvalue weighted by Crippen LogP contribution is -2.32. The average molecular weight is 457 g/mol. The quantitative estimate of drug-likeness (QED) is 0.355. The van der Waals surface area contributed by atoms with E-state index in [0.29, 0.717) is 0 Å². The monoisotopic (exact) mass is 456 g/mol. The van der Waals surface area contributed by atoms with E-state index < -0.39 is 0 Å². The third-order valence-corrected chi connectivity index (χ3v) is 3.87. The summed E-state index contributed by atoms with van der Waals surface area (Å²) >= 11 is 5.56. The second kappa shape index (κ2) is 9.79. The van der Waals surface area contributed by atoms with Gasteiger partial charge in [0.15, 0.2) is 0 Å². The fourth-order valence-electron chi connectivity index (χ4n) is 1.20. The zero-order valence-electron chi connectivity index (χ0n) is 11.0. The van der Waals surface area contributed by atoms with Crippen molar-refractivity contribution >= 4 is 53.1 Å². The second-order valence-electron chi connectivity index (χ2n) is 4.12. The molecule has 0 saturated heterocycles. The molecule has 2 N–H and O–H groups in total. The van der Waals surface area contributed by atoms with Crippen molar-refractivity contribution in [2.75, 3.05) is 0 Å². The molecule has 106 valence electrons. The van der Waals surface area contributed by atoms with Crippen molar-refractivity contribution in [1.82, 2.24) is 5.32 Å². The third kappa shape index (κ3) is 7.34. The van der Waals surface area contributed by atoms with Gasteiger partial charge in [-0.1, -0.05) is 34.6 Å². The van der Waals surface area contributed by atoms with E-state index in [4.69, 9.17) is 9.59 Å². The largest absolute Gasteiger partial charge is 0.382 e. The Kier molecular flexibility index (Phi) is 9.77. The molecule has 0 amide bonds. The fourth-order valence-corrected chi connectivity index (χ4v) is 3.25. The van der Waals surface area contributed by atoms with Gasteiger partial charge in [-0.15, -0.1) is 0 Å². The molecule has 0 unspecified atom stereocenters. The minimum Gasteiger partial charge on any atom is -0.382 e. The summed E-state index contributed by atoms with van der Waals surface area (Å²) in [5.74, 6) is 0. The minimum atomic E-state index is -0.377. The third-order valence-electron chi connectivity index (χ3n) is 2.36. The molecule has 0 aliphatic rings. The van der Waals surface area contributed by atoms with E-state index in [1.165, 1.54) is 14.8 Å². The Morgan fingerprint density at radius 1 is 1.53 bits per heavy atom. The van der Waals surface area contributed by atoms with E-state index >= 15 is 0 Å². The van der Waals surface area contributed by atoms with Gasteiger partial charge in [-0.05, 0) is 38.3 Å². The van der Waals surface area contributed by atoms with E-state index in [1.807, 2.05) is 26.0 Å². The van der Waals surface area contributed by atoms with Gasteiger partial charge in [0.25, 0.3) is 0 Å². The normalized spacial score (nSPS) is 10.3. The Hall–Kier alpha value is -0.0500. The predicted octanol–water partition coefficient (Wildman–Crippen LogP) is 5.11. The first-order valence-corrected chi connectivity index (χ1v) is 9.53. The summed E-state index contributed by atoms with van der Waals surface area (Å²) in [4.78, 5) is 0. The van der Waals surface area contributed by atoms with Crippen LogP contribution in [-0.4, -0.2) is 12.3 Å². The highest BCUT2D eigenvalue weighted by Gasteiger charge is 2.22. The summed E-state index contributed by atoms with van der Waals surface area (Å²) in [6.45, 7) is 11.3. The molecule has 0 fully saturated rings. The fraction of sp³-hybridized carbons (Fsp3) is 0.308. The number of hydrogen-bond donors (Lipinski definition) is 2. The number of hydrogen-bond acceptors (Lipinski definition) is 4. The zero-order valence-corrected chi connectivity index (χ0v) is 15.6. The first-order chi connectivity index (χ1) is 8.95.